The number of benzene rings is 1. The van der Waals surface area contributed by atoms with Crippen LogP contribution in [0.15, 0.2) is 67.0 Å². The predicted molar refractivity (Wildman–Crippen MR) is 135 cm³/mol. The van der Waals surface area contributed by atoms with E-state index in [-0.39, 0.29) is 5.92 Å². The lowest BCUT2D eigenvalue weighted by molar-refractivity contribution is 0.414. The summed E-state index contributed by atoms with van der Waals surface area (Å²) < 4.78 is 9.25. The van der Waals surface area contributed by atoms with Crippen LogP contribution in [0.1, 0.15) is 17.3 Å². The molecule has 0 bridgehead atoms. The van der Waals surface area contributed by atoms with Crippen molar-refractivity contribution in [3.63, 3.8) is 0 Å². The SMILES string of the molecule is COc1ccc(C[C@@H]2CN(C)c3cc(-c4ccnc(Nc5ccnn5C)c4)cc4nnc2n34)cc1. The van der Waals surface area contributed by atoms with Gasteiger partial charge in [0.1, 0.15) is 29.0 Å². The first-order valence-electron chi connectivity index (χ1n) is 11.5. The van der Waals surface area contributed by atoms with Gasteiger partial charge in [0.2, 0.25) is 0 Å². The third-order valence-electron chi connectivity index (χ3n) is 6.57. The Morgan fingerprint density at radius 3 is 2.60 bits per heavy atom. The minimum absolute atomic E-state index is 0.248. The summed E-state index contributed by atoms with van der Waals surface area (Å²) >= 11 is 0. The highest BCUT2D eigenvalue weighted by atomic mass is 16.5. The number of hydrogen-bond donors (Lipinski definition) is 1. The maximum absolute atomic E-state index is 5.30. The van der Waals surface area contributed by atoms with Crippen molar-refractivity contribution in [2.45, 2.75) is 12.3 Å². The monoisotopic (exact) mass is 466 g/mol. The zero-order valence-electron chi connectivity index (χ0n) is 19.9. The summed E-state index contributed by atoms with van der Waals surface area (Å²) in [5, 5.41) is 16.7. The van der Waals surface area contributed by atoms with Crippen LogP contribution in [-0.2, 0) is 13.5 Å². The van der Waals surface area contributed by atoms with Gasteiger partial charge in [0, 0.05) is 38.8 Å². The first-order valence-corrected chi connectivity index (χ1v) is 11.5. The number of nitrogens with zero attached hydrogens (tertiary/aromatic N) is 7. The molecule has 1 aliphatic rings. The third kappa shape index (κ3) is 3.84. The second-order valence-electron chi connectivity index (χ2n) is 8.88. The minimum Gasteiger partial charge on any atom is -0.497 e. The average Bonchev–Trinajstić information content (AvgIpc) is 3.49. The molecule has 0 amide bonds. The number of ether oxygens (including phenoxy) is 1. The van der Waals surface area contributed by atoms with E-state index in [1.807, 2.05) is 43.6 Å². The zero-order chi connectivity index (χ0) is 23.9. The van der Waals surface area contributed by atoms with Crippen molar-refractivity contribution < 1.29 is 4.74 Å². The summed E-state index contributed by atoms with van der Waals surface area (Å²) in [6.07, 6.45) is 4.46. The molecule has 35 heavy (non-hydrogen) atoms. The van der Waals surface area contributed by atoms with Gasteiger partial charge < -0.3 is 15.0 Å². The molecule has 0 spiro atoms. The largest absolute Gasteiger partial charge is 0.497 e. The van der Waals surface area contributed by atoms with E-state index in [1.54, 1.807) is 18.0 Å². The van der Waals surface area contributed by atoms with Crippen molar-refractivity contribution in [1.82, 2.24) is 29.4 Å². The van der Waals surface area contributed by atoms with Crippen molar-refractivity contribution in [2.75, 3.05) is 30.9 Å². The summed E-state index contributed by atoms with van der Waals surface area (Å²) in [6.45, 7) is 0.868. The van der Waals surface area contributed by atoms with Gasteiger partial charge in [0.05, 0.1) is 13.3 Å². The Morgan fingerprint density at radius 2 is 1.83 bits per heavy atom. The molecule has 0 unspecified atom stereocenters. The lowest BCUT2D eigenvalue weighted by atomic mass is 9.96. The quantitative estimate of drug-likeness (QED) is 0.404. The Kier molecular flexibility index (Phi) is 5.09. The van der Waals surface area contributed by atoms with Crippen LogP contribution in [0.4, 0.5) is 17.5 Å². The maximum Gasteiger partial charge on any atom is 0.163 e. The molecule has 5 heterocycles. The van der Waals surface area contributed by atoms with Crippen molar-refractivity contribution in [3.8, 4) is 16.9 Å². The number of hydrogen-bond acceptors (Lipinski definition) is 7. The van der Waals surface area contributed by atoms with Crippen LogP contribution in [-0.4, -0.2) is 50.1 Å². The molecule has 0 saturated heterocycles. The maximum atomic E-state index is 5.30. The standard InChI is InChI=1S/C26H26N8O/c1-32-16-20(12-17-4-6-21(35-3)7-5-17)26-31-30-24-14-19(15-25(32)34(24)26)18-8-10-27-22(13-18)29-23-9-11-28-33(23)2/h4-11,13-15,20H,12,16H2,1-3H3,(H,27,29)/t20-/m1/s1. The van der Waals surface area contributed by atoms with Gasteiger partial charge in [0.25, 0.3) is 0 Å². The second kappa shape index (κ2) is 8.43. The Balaban J connectivity index is 1.33. The number of anilines is 3. The molecule has 0 fully saturated rings. The molecule has 9 nitrogen and oxygen atoms in total. The molecular weight excluding hydrogens is 440 g/mol. The lowest BCUT2D eigenvalue weighted by Gasteiger charge is -2.31. The summed E-state index contributed by atoms with van der Waals surface area (Å²) in [4.78, 5) is 6.76. The van der Waals surface area contributed by atoms with Crippen LogP contribution in [0.2, 0.25) is 0 Å². The molecule has 1 atom stereocenters. The first kappa shape index (κ1) is 21.2. The first-order chi connectivity index (χ1) is 17.1. The van der Waals surface area contributed by atoms with Gasteiger partial charge in [-0.2, -0.15) is 5.10 Å². The topological polar surface area (TPSA) is 85.4 Å². The number of aromatic nitrogens is 6. The predicted octanol–water partition coefficient (Wildman–Crippen LogP) is 4.05. The van der Waals surface area contributed by atoms with Crippen molar-refractivity contribution in [3.05, 3.63) is 78.4 Å². The Hall–Kier alpha value is -4.40. The van der Waals surface area contributed by atoms with Crippen LogP contribution < -0.4 is 15.0 Å². The number of pyridine rings is 2. The van der Waals surface area contributed by atoms with Crippen LogP contribution in [0.25, 0.3) is 16.8 Å². The van der Waals surface area contributed by atoms with E-state index in [0.29, 0.717) is 0 Å². The van der Waals surface area contributed by atoms with E-state index in [9.17, 15) is 0 Å². The molecule has 1 aromatic carbocycles. The molecular formula is C26H26N8O. The fraction of sp³-hybridized carbons (Fsp3) is 0.231. The Labute approximate surface area is 203 Å². The van der Waals surface area contributed by atoms with Crippen molar-refractivity contribution in [2.24, 2.45) is 7.05 Å². The van der Waals surface area contributed by atoms with Crippen LogP contribution in [0.5, 0.6) is 5.75 Å². The van der Waals surface area contributed by atoms with Crippen molar-refractivity contribution in [1.29, 1.82) is 0 Å². The summed E-state index contributed by atoms with van der Waals surface area (Å²) in [7, 11) is 5.71. The van der Waals surface area contributed by atoms with E-state index >= 15 is 0 Å². The molecule has 0 aliphatic carbocycles. The number of methoxy groups -OCH3 is 1. The highest BCUT2D eigenvalue weighted by Gasteiger charge is 2.28. The smallest absolute Gasteiger partial charge is 0.163 e. The highest BCUT2D eigenvalue weighted by Crippen LogP contribution is 2.35. The van der Waals surface area contributed by atoms with E-state index in [1.165, 1.54) is 5.56 Å². The normalized spacial score (nSPS) is 14.9. The molecule has 176 valence electrons. The molecule has 0 saturated carbocycles. The molecule has 1 N–H and O–H groups in total. The zero-order valence-corrected chi connectivity index (χ0v) is 19.9. The average molecular weight is 467 g/mol. The van der Waals surface area contributed by atoms with E-state index < -0.39 is 0 Å². The van der Waals surface area contributed by atoms with E-state index in [2.05, 4.69) is 66.2 Å². The van der Waals surface area contributed by atoms with Crippen LogP contribution in [0.3, 0.4) is 0 Å². The summed E-state index contributed by atoms with van der Waals surface area (Å²) in [5.74, 6) is 4.84. The lowest BCUT2D eigenvalue weighted by Crippen LogP contribution is -2.32. The van der Waals surface area contributed by atoms with E-state index in [0.717, 1.165) is 58.8 Å². The number of nitrogens with one attached hydrogen (secondary N) is 1. The molecule has 1 aliphatic heterocycles. The number of likely N-dealkylation sites (N-methyl/N-ethyl adjacent to an activating group) is 1. The van der Waals surface area contributed by atoms with Gasteiger partial charge in [0.15, 0.2) is 5.65 Å². The third-order valence-corrected chi connectivity index (χ3v) is 6.57. The molecule has 6 rings (SSSR count). The molecule has 0 radical (unpaired) electrons. The fourth-order valence-corrected chi connectivity index (χ4v) is 4.75. The van der Waals surface area contributed by atoms with Crippen molar-refractivity contribution >= 4 is 23.1 Å². The highest BCUT2D eigenvalue weighted by molar-refractivity contribution is 5.75. The van der Waals surface area contributed by atoms with E-state index in [4.69, 9.17) is 4.74 Å². The Bertz CT molecular complexity index is 1500. The van der Waals surface area contributed by atoms with Crippen LogP contribution in [0, 0.1) is 0 Å². The number of rotatable bonds is 6. The minimum atomic E-state index is 0.248. The number of aryl methyl sites for hydroxylation is 1. The summed E-state index contributed by atoms with van der Waals surface area (Å²) in [5.41, 5.74) is 4.23. The summed E-state index contributed by atoms with van der Waals surface area (Å²) in [6, 6.07) is 18.5. The molecule has 9 heteroatoms. The van der Waals surface area contributed by atoms with Gasteiger partial charge in [-0.3, -0.25) is 9.08 Å². The van der Waals surface area contributed by atoms with Gasteiger partial charge in [-0.25, -0.2) is 4.98 Å². The van der Waals surface area contributed by atoms with Gasteiger partial charge in [-0.15, -0.1) is 10.2 Å². The molecule has 5 aromatic rings. The van der Waals surface area contributed by atoms with Gasteiger partial charge in [-0.1, -0.05) is 12.1 Å². The Morgan fingerprint density at radius 1 is 0.971 bits per heavy atom. The van der Waals surface area contributed by atoms with Gasteiger partial charge >= 0.3 is 0 Å². The fourth-order valence-electron chi connectivity index (χ4n) is 4.75. The second-order valence-corrected chi connectivity index (χ2v) is 8.88. The van der Waals surface area contributed by atoms with Crippen LogP contribution >= 0.6 is 0 Å². The molecule has 4 aromatic heterocycles. The van der Waals surface area contributed by atoms with Gasteiger partial charge in [-0.05, 0) is 59.5 Å².